The van der Waals surface area contributed by atoms with Crippen LogP contribution in [0.1, 0.15) is 41.5 Å². The first-order valence-corrected chi connectivity index (χ1v) is 4.92. The Bertz CT molecular complexity index is 156. The Labute approximate surface area is 82.0 Å². The summed E-state index contributed by atoms with van der Waals surface area (Å²) in [5.41, 5.74) is -0.335. The molecule has 0 saturated carbocycles. The molecule has 0 radical (unpaired) electrons. The van der Waals surface area contributed by atoms with E-state index in [0.29, 0.717) is 0 Å². The molecule has 0 aromatic rings. The summed E-state index contributed by atoms with van der Waals surface area (Å²) in [4.78, 5) is 0. The quantitative estimate of drug-likeness (QED) is 0.711. The van der Waals surface area contributed by atoms with Crippen LogP contribution in [0.5, 0.6) is 0 Å². The maximum atomic E-state index is 10.0. The number of hydrogen-bond acceptors (Lipinski definition) is 2. The van der Waals surface area contributed by atoms with Gasteiger partial charge in [-0.05, 0) is 11.3 Å². The number of hydrogen-bond donors (Lipinski definition) is 2. The zero-order valence-electron chi connectivity index (χ0n) is 9.76. The fraction of sp³-hybridized carbons (Fsp3) is 1.00. The van der Waals surface area contributed by atoms with Gasteiger partial charge in [0.1, 0.15) is 0 Å². The highest BCUT2D eigenvalue weighted by Gasteiger charge is 2.36. The van der Waals surface area contributed by atoms with E-state index in [1.807, 2.05) is 20.8 Å². The molecule has 0 fully saturated rings. The van der Waals surface area contributed by atoms with Crippen molar-refractivity contribution >= 4 is 0 Å². The van der Waals surface area contributed by atoms with E-state index in [4.69, 9.17) is 5.11 Å². The summed E-state index contributed by atoms with van der Waals surface area (Å²) in [7, 11) is 0. The Balaban J connectivity index is 4.52. The molecule has 2 atom stereocenters. The van der Waals surface area contributed by atoms with E-state index in [-0.39, 0.29) is 17.9 Å². The van der Waals surface area contributed by atoms with Crippen LogP contribution < -0.4 is 0 Å². The van der Waals surface area contributed by atoms with Crippen molar-refractivity contribution in [3.8, 4) is 0 Å². The SMILES string of the molecule is CC(C(O)C(C)(C)CO)C(C)(C)C. The molecule has 13 heavy (non-hydrogen) atoms. The topological polar surface area (TPSA) is 40.5 Å². The fourth-order valence-corrected chi connectivity index (χ4v) is 1.24. The van der Waals surface area contributed by atoms with Gasteiger partial charge in [0.05, 0.1) is 12.7 Å². The molecule has 0 aromatic carbocycles. The standard InChI is InChI=1S/C11H24O2/c1-8(10(2,3)4)9(13)11(5,6)7-12/h8-9,12-13H,7H2,1-6H3. The molecule has 0 rings (SSSR count). The normalized spacial score (nSPS) is 18.5. The van der Waals surface area contributed by atoms with Gasteiger partial charge in [-0.1, -0.05) is 41.5 Å². The lowest BCUT2D eigenvalue weighted by Gasteiger charge is -2.39. The van der Waals surface area contributed by atoms with Crippen molar-refractivity contribution in [2.24, 2.45) is 16.7 Å². The monoisotopic (exact) mass is 188 g/mol. The third-order valence-electron chi connectivity index (χ3n) is 3.05. The van der Waals surface area contributed by atoms with Gasteiger partial charge in [-0.2, -0.15) is 0 Å². The average Bonchev–Trinajstić information content (AvgIpc) is 2.00. The maximum absolute atomic E-state index is 10.0. The molecule has 2 heteroatoms. The number of rotatable bonds is 3. The van der Waals surface area contributed by atoms with Crippen LogP contribution in [0.3, 0.4) is 0 Å². The first kappa shape index (κ1) is 12.9. The largest absolute Gasteiger partial charge is 0.396 e. The highest BCUT2D eigenvalue weighted by Crippen LogP contribution is 2.35. The lowest BCUT2D eigenvalue weighted by molar-refractivity contribution is -0.0544. The molecular weight excluding hydrogens is 164 g/mol. The Hall–Kier alpha value is -0.0800. The van der Waals surface area contributed by atoms with Crippen molar-refractivity contribution in [1.82, 2.24) is 0 Å². The Morgan fingerprint density at radius 1 is 1.08 bits per heavy atom. The predicted octanol–water partition coefficient (Wildman–Crippen LogP) is 2.05. The van der Waals surface area contributed by atoms with Gasteiger partial charge in [-0.15, -0.1) is 0 Å². The summed E-state index contributed by atoms with van der Waals surface area (Å²) in [5.74, 6) is 0.176. The minimum atomic E-state index is -0.461. The van der Waals surface area contributed by atoms with Gasteiger partial charge in [-0.25, -0.2) is 0 Å². The predicted molar refractivity (Wildman–Crippen MR) is 55.5 cm³/mol. The van der Waals surface area contributed by atoms with Crippen molar-refractivity contribution in [3.05, 3.63) is 0 Å². The van der Waals surface area contributed by atoms with Gasteiger partial charge in [0.25, 0.3) is 0 Å². The van der Waals surface area contributed by atoms with E-state index in [2.05, 4.69) is 20.8 Å². The van der Waals surface area contributed by atoms with E-state index in [9.17, 15) is 5.11 Å². The molecule has 2 N–H and O–H groups in total. The van der Waals surface area contributed by atoms with E-state index in [1.165, 1.54) is 0 Å². The molecule has 2 nitrogen and oxygen atoms in total. The van der Waals surface area contributed by atoms with Crippen molar-refractivity contribution in [2.75, 3.05) is 6.61 Å². The van der Waals surface area contributed by atoms with Crippen LogP contribution in [-0.2, 0) is 0 Å². The summed E-state index contributed by atoms with van der Waals surface area (Å²) in [6.07, 6.45) is -0.461. The lowest BCUT2D eigenvalue weighted by Crippen LogP contribution is -2.42. The second-order valence-corrected chi connectivity index (χ2v) is 5.75. The first-order chi connectivity index (χ1) is 5.63. The van der Waals surface area contributed by atoms with Gasteiger partial charge in [-0.3, -0.25) is 0 Å². The van der Waals surface area contributed by atoms with E-state index < -0.39 is 11.5 Å². The van der Waals surface area contributed by atoms with Gasteiger partial charge in [0, 0.05) is 5.41 Å². The smallest absolute Gasteiger partial charge is 0.0643 e. The highest BCUT2D eigenvalue weighted by molar-refractivity contribution is 4.86. The molecule has 2 unspecified atom stereocenters. The molecule has 80 valence electrons. The van der Waals surface area contributed by atoms with Crippen LogP contribution in [0.4, 0.5) is 0 Å². The van der Waals surface area contributed by atoms with Crippen LogP contribution >= 0.6 is 0 Å². The molecule has 0 aromatic heterocycles. The number of aliphatic hydroxyl groups is 2. The summed E-state index contributed by atoms with van der Waals surface area (Å²) >= 11 is 0. The summed E-state index contributed by atoms with van der Waals surface area (Å²) < 4.78 is 0. The molecule has 0 saturated heterocycles. The van der Waals surface area contributed by atoms with Gasteiger partial charge < -0.3 is 10.2 Å². The molecule has 0 bridgehead atoms. The van der Waals surface area contributed by atoms with Gasteiger partial charge >= 0.3 is 0 Å². The van der Waals surface area contributed by atoms with Crippen molar-refractivity contribution in [1.29, 1.82) is 0 Å². The third kappa shape index (κ3) is 3.28. The van der Waals surface area contributed by atoms with Crippen LogP contribution in [0, 0.1) is 16.7 Å². The molecule has 0 aliphatic heterocycles. The molecule has 0 aliphatic rings. The van der Waals surface area contributed by atoms with E-state index >= 15 is 0 Å². The molecule has 0 aliphatic carbocycles. The van der Waals surface area contributed by atoms with E-state index in [1.54, 1.807) is 0 Å². The Kier molecular flexibility index (Phi) is 3.95. The Morgan fingerprint density at radius 3 is 1.69 bits per heavy atom. The molecule has 0 amide bonds. The second kappa shape index (κ2) is 3.97. The zero-order valence-corrected chi connectivity index (χ0v) is 9.76. The van der Waals surface area contributed by atoms with Crippen LogP contribution in [0.2, 0.25) is 0 Å². The van der Waals surface area contributed by atoms with Crippen molar-refractivity contribution in [3.63, 3.8) is 0 Å². The van der Waals surface area contributed by atoms with Gasteiger partial charge in [0.15, 0.2) is 0 Å². The highest BCUT2D eigenvalue weighted by atomic mass is 16.3. The minimum Gasteiger partial charge on any atom is -0.396 e. The molecule has 0 spiro atoms. The van der Waals surface area contributed by atoms with Crippen LogP contribution in [0.15, 0.2) is 0 Å². The number of aliphatic hydroxyl groups excluding tert-OH is 2. The van der Waals surface area contributed by atoms with Crippen LogP contribution in [0.25, 0.3) is 0 Å². The molecular formula is C11H24O2. The molecule has 0 heterocycles. The summed E-state index contributed by atoms with van der Waals surface area (Å²) in [6.45, 7) is 12.1. The van der Waals surface area contributed by atoms with Crippen molar-refractivity contribution in [2.45, 2.75) is 47.6 Å². The lowest BCUT2D eigenvalue weighted by atomic mass is 9.70. The summed E-state index contributed by atoms with van der Waals surface area (Å²) in [6, 6.07) is 0. The fourth-order valence-electron chi connectivity index (χ4n) is 1.24. The Morgan fingerprint density at radius 2 is 1.46 bits per heavy atom. The summed E-state index contributed by atoms with van der Waals surface area (Å²) in [5, 5.41) is 19.1. The second-order valence-electron chi connectivity index (χ2n) is 5.75. The maximum Gasteiger partial charge on any atom is 0.0643 e. The van der Waals surface area contributed by atoms with Crippen molar-refractivity contribution < 1.29 is 10.2 Å². The van der Waals surface area contributed by atoms with Gasteiger partial charge in [0.2, 0.25) is 0 Å². The minimum absolute atomic E-state index is 0.0224. The third-order valence-corrected chi connectivity index (χ3v) is 3.05. The van der Waals surface area contributed by atoms with Crippen LogP contribution in [-0.4, -0.2) is 22.9 Å². The average molecular weight is 188 g/mol. The zero-order chi connectivity index (χ0) is 10.9. The first-order valence-electron chi connectivity index (χ1n) is 4.92. The van der Waals surface area contributed by atoms with E-state index in [0.717, 1.165) is 0 Å².